The van der Waals surface area contributed by atoms with Gasteiger partial charge in [-0.1, -0.05) is 24.6 Å². The minimum Gasteiger partial charge on any atom is -0.481 e. The number of carboxylic acids is 2. The maximum atomic E-state index is 12.7. The van der Waals surface area contributed by atoms with Crippen molar-refractivity contribution in [1.29, 1.82) is 0 Å². The van der Waals surface area contributed by atoms with Gasteiger partial charge in [0.2, 0.25) is 11.8 Å². The summed E-state index contributed by atoms with van der Waals surface area (Å²) >= 11 is 7.35. The number of carbonyl (C=O) groups excluding carboxylic acids is 2. The summed E-state index contributed by atoms with van der Waals surface area (Å²) in [4.78, 5) is 47.0. The molecule has 0 spiro atoms. The zero-order valence-corrected chi connectivity index (χ0v) is 18.1. The van der Waals surface area contributed by atoms with Gasteiger partial charge in [-0.2, -0.15) is 0 Å². The second-order valence-electron chi connectivity index (χ2n) is 6.47. The summed E-state index contributed by atoms with van der Waals surface area (Å²) in [6, 6.07) is 10.9. The minimum absolute atomic E-state index is 0.00624. The van der Waals surface area contributed by atoms with E-state index in [1.165, 1.54) is 30.0 Å². The van der Waals surface area contributed by atoms with Gasteiger partial charge in [-0.25, -0.2) is 4.79 Å². The minimum atomic E-state index is -1.13. The van der Waals surface area contributed by atoms with Crippen molar-refractivity contribution in [2.24, 2.45) is 0 Å². The monoisotopic (exact) mass is 464 g/mol. The first kappa shape index (κ1) is 24.2. The Labute approximate surface area is 188 Å². The van der Waals surface area contributed by atoms with Crippen molar-refractivity contribution in [1.82, 2.24) is 0 Å². The number of nitrogens with one attached hydrogen (secondary N) is 2. The largest absolute Gasteiger partial charge is 0.481 e. The maximum Gasteiger partial charge on any atom is 0.335 e. The van der Waals surface area contributed by atoms with Crippen LogP contribution in [0.25, 0.3) is 0 Å². The normalized spacial score (nSPS) is 11.4. The first-order valence-corrected chi connectivity index (χ1v) is 10.6. The van der Waals surface area contributed by atoms with Gasteiger partial charge in [0.05, 0.1) is 27.9 Å². The Hall–Kier alpha value is -3.04. The van der Waals surface area contributed by atoms with E-state index in [-0.39, 0.29) is 35.0 Å². The lowest BCUT2D eigenvalue weighted by Crippen LogP contribution is -2.24. The zero-order chi connectivity index (χ0) is 23.0. The van der Waals surface area contributed by atoms with Crippen LogP contribution in [-0.2, 0) is 14.4 Å². The third-order valence-corrected chi connectivity index (χ3v) is 5.78. The van der Waals surface area contributed by atoms with Crippen LogP contribution in [0, 0.1) is 0 Å². The van der Waals surface area contributed by atoms with E-state index in [2.05, 4.69) is 10.6 Å². The topological polar surface area (TPSA) is 133 Å². The van der Waals surface area contributed by atoms with Crippen LogP contribution < -0.4 is 10.6 Å². The number of thioether (sulfide) groups is 1. The number of aromatic carboxylic acids is 1. The number of aliphatic carboxylic acids is 1. The summed E-state index contributed by atoms with van der Waals surface area (Å²) in [6.45, 7) is 1.84. The first-order chi connectivity index (χ1) is 14.7. The first-order valence-electron chi connectivity index (χ1n) is 9.31. The Bertz CT molecular complexity index is 998. The highest BCUT2D eigenvalue weighted by Crippen LogP contribution is 2.30. The molecule has 31 heavy (non-hydrogen) atoms. The highest BCUT2D eigenvalue weighted by Gasteiger charge is 2.20. The number of hydrogen-bond acceptors (Lipinski definition) is 5. The molecule has 2 aromatic carbocycles. The molecule has 2 aromatic rings. The van der Waals surface area contributed by atoms with Crippen LogP contribution in [0.1, 0.15) is 36.5 Å². The number of amides is 2. The van der Waals surface area contributed by atoms with Gasteiger partial charge in [0.15, 0.2) is 0 Å². The van der Waals surface area contributed by atoms with Gasteiger partial charge in [0, 0.05) is 17.0 Å². The second kappa shape index (κ2) is 11.4. The lowest BCUT2D eigenvalue weighted by molar-refractivity contribution is -0.138. The van der Waals surface area contributed by atoms with Crippen molar-refractivity contribution in [3.8, 4) is 0 Å². The zero-order valence-electron chi connectivity index (χ0n) is 16.6. The van der Waals surface area contributed by atoms with Gasteiger partial charge in [-0.15, -0.1) is 11.8 Å². The molecule has 1 atom stereocenters. The van der Waals surface area contributed by atoms with Gasteiger partial charge in [0.25, 0.3) is 0 Å². The van der Waals surface area contributed by atoms with Crippen molar-refractivity contribution in [2.45, 2.75) is 36.3 Å². The molecule has 0 aromatic heterocycles. The molecule has 164 valence electrons. The predicted molar refractivity (Wildman–Crippen MR) is 119 cm³/mol. The molecule has 1 unspecified atom stereocenters. The number of halogens is 1. The van der Waals surface area contributed by atoms with Crippen LogP contribution >= 0.6 is 23.4 Å². The van der Waals surface area contributed by atoms with Gasteiger partial charge in [0.1, 0.15) is 0 Å². The van der Waals surface area contributed by atoms with Crippen molar-refractivity contribution in [3.05, 3.63) is 53.1 Å². The molecule has 0 bridgehead atoms. The number of carboxylic acid groups (broad SMARTS) is 2. The van der Waals surface area contributed by atoms with Gasteiger partial charge < -0.3 is 20.8 Å². The quantitative estimate of drug-likeness (QED) is 0.384. The molecule has 0 aliphatic carbocycles. The second-order valence-corrected chi connectivity index (χ2v) is 8.16. The molecule has 2 rings (SSSR count). The summed E-state index contributed by atoms with van der Waals surface area (Å²) < 4.78 is 0. The lowest BCUT2D eigenvalue weighted by Gasteiger charge is -2.16. The highest BCUT2D eigenvalue weighted by molar-refractivity contribution is 8.00. The molecule has 2 amide bonds. The van der Waals surface area contributed by atoms with Gasteiger partial charge in [-0.05, 0) is 42.8 Å². The molecule has 4 N–H and O–H groups in total. The third-order valence-electron chi connectivity index (χ3n) is 4.10. The smallest absolute Gasteiger partial charge is 0.335 e. The summed E-state index contributed by atoms with van der Waals surface area (Å²) in [7, 11) is 0. The SMILES string of the molecule is CCC(Sc1cccc(NC(=O)CCC(=O)O)c1)C(=O)Nc1cc(C(=O)O)ccc1Cl. The van der Waals surface area contributed by atoms with E-state index in [0.29, 0.717) is 12.1 Å². The summed E-state index contributed by atoms with van der Waals surface area (Å²) in [5, 5.41) is 22.8. The standard InChI is InChI=1S/C21H21ClN2O6S/c1-2-17(20(28)24-16-10-12(21(29)30)6-7-15(16)22)31-14-5-3-4-13(11-14)23-18(25)8-9-19(26)27/h3-7,10-11,17H,2,8-9H2,1H3,(H,23,25)(H,24,28)(H,26,27)(H,29,30). The van der Waals surface area contributed by atoms with Crippen LogP contribution in [0.5, 0.6) is 0 Å². The van der Waals surface area contributed by atoms with Crippen LogP contribution in [0.15, 0.2) is 47.4 Å². The average molecular weight is 465 g/mol. The number of benzene rings is 2. The summed E-state index contributed by atoms with van der Waals surface area (Å²) in [5.74, 6) is -2.93. The molecule has 8 nitrogen and oxygen atoms in total. The van der Waals surface area contributed by atoms with E-state index in [4.69, 9.17) is 21.8 Å². The fraction of sp³-hybridized carbons (Fsp3) is 0.238. The molecule has 0 heterocycles. The molecule has 0 saturated carbocycles. The highest BCUT2D eigenvalue weighted by atomic mass is 35.5. The Balaban J connectivity index is 2.06. The van der Waals surface area contributed by atoms with Gasteiger partial charge in [-0.3, -0.25) is 14.4 Å². The molecule has 0 saturated heterocycles. The molecule has 0 aliphatic rings. The number of rotatable bonds is 10. The van der Waals surface area contributed by atoms with E-state index in [1.54, 1.807) is 24.3 Å². The van der Waals surface area contributed by atoms with Crippen LogP contribution in [-0.4, -0.2) is 39.2 Å². The van der Waals surface area contributed by atoms with Crippen molar-refractivity contribution in [2.75, 3.05) is 10.6 Å². The van der Waals surface area contributed by atoms with Crippen LogP contribution in [0.4, 0.5) is 11.4 Å². The van der Waals surface area contributed by atoms with E-state index in [9.17, 15) is 19.2 Å². The van der Waals surface area contributed by atoms with Crippen LogP contribution in [0.3, 0.4) is 0 Å². The van der Waals surface area contributed by atoms with E-state index < -0.39 is 23.1 Å². The molecular formula is C21H21ClN2O6S. The average Bonchev–Trinajstić information content (AvgIpc) is 2.72. The maximum absolute atomic E-state index is 12.7. The van der Waals surface area contributed by atoms with Crippen molar-refractivity contribution in [3.63, 3.8) is 0 Å². The Morgan fingerprint density at radius 2 is 1.77 bits per heavy atom. The molecular weight excluding hydrogens is 444 g/mol. The number of anilines is 2. The van der Waals surface area contributed by atoms with E-state index in [0.717, 1.165) is 4.90 Å². The number of carbonyl (C=O) groups is 4. The molecule has 0 radical (unpaired) electrons. The van der Waals surface area contributed by atoms with Gasteiger partial charge >= 0.3 is 11.9 Å². The Morgan fingerprint density at radius 1 is 1.03 bits per heavy atom. The van der Waals surface area contributed by atoms with Crippen molar-refractivity contribution >= 4 is 58.5 Å². The Morgan fingerprint density at radius 3 is 2.42 bits per heavy atom. The lowest BCUT2D eigenvalue weighted by atomic mass is 10.2. The van der Waals surface area contributed by atoms with Crippen molar-refractivity contribution < 1.29 is 29.4 Å². The fourth-order valence-corrected chi connectivity index (χ4v) is 3.72. The third kappa shape index (κ3) is 7.62. The van der Waals surface area contributed by atoms with E-state index in [1.807, 2.05) is 6.92 Å². The van der Waals surface area contributed by atoms with E-state index >= 15 is 0 Å². The predicted octanol–water partition coefficient (Wildman–Crippen LogP) is 4.35. The summed E-state index contributed by atoms with van der Waals surface area (Å²) in [6.07, 6.45) is 0.0921. The number of hydrogen-bond donors (Lipinski definition) is 4. The molecule has 0 aliphatic heterocycles. The summed E-state index contributed by atoms with van der Waals surface area (Å²) in [5.41, 5.74) is 0.713. The Kier molecular flexibility index (Phi) is 8.89. The van der Waals surface area contributed by atoms with Crippen LogP contribution in [0.2, 0.25) is 5.02 Å². The molecule has 0 fully saturated rings. The molecule has 10 heteroatoms. The fourth-order valence-electron chi connectivity index (χ4n) is 2.54.